The van der Waals surface area contributed by atoms with Gasteiger partial charge in [0.05, 0.1) is 17.1 Å². The van der Waals surface area contributed by atoms with Crippen LogP contribution in [0.5, 0.6) is 0 Å². The molecule has 2 heterocycles. The first-order valence-corrected chi connectivity index (χ1v) is 10.2. The topological polar surface area (TPSA) is 88.2 Å². The van der Waals surface area contributed by atoms with Crippen molar-refractivity contribution in [2.45, 2.75) is 18.9 Å². The van der Waals surface area contributed by atoms with Crippen molar-refractivity contribution in [1.82, 2.24) is 10.3 Å². The summed E-state index contributed by atoms with van der Waals surface area (Å²) in [6.45, 7) is 0.319. The molecule has 2 aromatic rings. The van der Waals surface area contributed by atoms with E-state index in [1.807, 2.05) is 0 Å². The Kier molecular flexibility index (Phi) is 5.51. The van der Waals surface area contributed by atoms with Gasteiger partial charge >= 0.3 is 0 Å². The van der Waals surface area contributed by atoms with E-state index in [4.69, 9.17) is 0 Å². The van der Waals surface area contributed by atoms with Crippen molar-refractivity contribution < 1.29 is 17.6 Å². The van der Waals surface area contributed by atoms with Crippen LogP contribution < -0.4 is 10.6 Å². The van der Waals surface area contributed by atoms with Gasteiger partial charge in [0.15, 0.2) is 9.84 Å². The molecule has 0 radical (unpaired) electrons. The first kappa shape index (κ1) is 18.3. The number of rotatable bonds is 6. The van der Waals surface area contributed by atoms with Crippen molar-refractivity contribution in [1.29, 1.82) is 0 Å². The second-order valence-corrected chi connectivity index (χ2v) is 8.50. The van der Waals surface area contributed by atoms with Crippen LogP contribution in [0.25, 0.3) is 0 Å². The van der Waals surface area contributed by atoms with Crippen LogP contribution in [0.1, 0.15) is 22.3 Å². The number of sulfone groups is 1. The average Bonchev–Trinajstić information content (AvgIpc) is 2.95. The highest BCUT2D eigenvalue weighted by Crippen LogP contribution is 2.16. The second kappa shape index (κ2) is 7.82. The third-order valence-electron chi connectivity index (χ3n) is 4.25. The molecule has 1 unspecified atom stereocenters. The maximum Gasteiger partial charge on any atom is 0.252 e. The molecule has 0 bridgehead atoms. The minimum atomic E-state index is -2.95. The third kappa shape index (κ3) is 4.78. The monoisotopic (exact) mass is 377 g/mol. The number of benzene rings is 1. The van der Waals surface area contributed by atoms with Gasteiger partial charge in [0.25, 0.3) is 5.91 Å². The zero-order valence-corrected chi connectivity index (χ0v) is 14.9. The number of nitrogens with zero attached hydrogens (tertiary/aromatic N) is 1. The average molecular weight is 377 g/mol. The molecule has 1 amide bonds. The molecule has 1 saturated heterocycles. The van der Waals surface area contributed by atoms with E-state index in [0.717, 1.165) is 0 Å². The van der Waals surface area contributed by atoms with Crippen molar-refractivity contribution in [3.63, 3.8) is 0 Å². The first-order chi connectivity index (χ1) is 12.4. The van der Waals surface area contributed by atoms with Gasteiger partial charge in [0, 0.05) is 18.8 Å². The molecule has 3 rings (SSSR count). The van der Waals surface area contributed by atoms with Crippen molar-refractivity contribution in [2.75, 3.05) is 23.4 Å². The van der Waals surface area contributed by atoms with Gasteiger partial charge in [0.1, 0.15) is 11.6 Å². The maximum absolute atomic E-state index is 13.5. The van der Waals surface area contributed by atoms with E-state index in [1.165, 1.54) is 12.3 Å². The highest BCUT2D eigenvalue weighted by molar-refractivity contribution is 7.91. The lowest BCUT2D eigenvalue weighted by Gasteiger charge is -2.11. The number of hydrogen-bond donors (Lipinski definition) is 2. The Morgan fingerprint density at radius 1 is 1.23 bits per heavy atom. The molecule has 26 heavy (non-hydrogen) atoms. The van der Waals surface area contributed by atoms with Crippen LogP contribution in [0, 0.1) is 5.82 Å². The molecule has 1 fully saturated rings. The Labute approximate surface area is 151 Å². The SMILES string of the molecule is O=C(NCCc1ccccc1F)c1ccc(NC2CCS(=O)(=O)C2)nc1. The number of carbonyl (C=O) groups is 1. The lowest BCUT2D eigenvalue weighted by atomic mass is 10.1. The van der Waals surface area contributed by atoms with Gasteiger partial charge < -0.3 is 10.6 Å². The quantitative estimate of drug-likeness (QED) is 0.801. The number of hydrogen-bond acceptors (Lipinski definition) is 5. The molecular formula is C18H20FN3O3S. The van der Waals surface area contributed by atoms with E-state index in [2.05, 4.69) is 15.6 Å². The van der Waals surface area contributed by atoms with Gasteiger partial charge in [0.2, 0.25) is 0 Å². The Morgan fingerprint density at radius 2 is 2.04 bits per heavy atom. The summed E-state index contributed by atoms with van der Waals surface area (Å²) in [5.41, 5.74) is 0.945. The molecule has 1 atom stereocenters. The van der Waals surface area contributed by atoms with Crippen molar-refractivity contribution >= 4 is 21.6 Å². The minimum Gasteiger partial charge on any atom is -0.366 e. The number of halogens is 1. The molecule has 0 saturated carbocycles. The molecule has 1 aliphatic rings. The van der Waals surface area contributed by atoms with Gasteiger partial charge in [-0.25, -0.2) is 17.8 Å². The lowest BCUT2D eigenvalue weighted by Crippen LogP contribution is -2.26. The van der Waals surface area contributed by atoms with Crippen LogP contribution >= 0.6 is 0 Å². The van der Waals surface area contributed by atoms with Crippen molar-refractivity contribution in [3.8, 4) is 0 Å². The predicted molar refractivity (Wildman–Crippen MR) is 97.4 cm³/mol. The van der Waals surface area contributed by atoms with E-state index in [0.29, 0.717) is 36.3 Å². The van der Waals surface area contributed by atoms with E-state index in [-0.39, 0.29) is 29.3 Å². The number of anilines is 1. The van der Waals surface area contributed by atoms with E-state index in [1.54, 1.807) is 30.3 Å². The normalized spacial score (nSPS) is 18.4. The molecule has 6 nitrogen and oxygen atoms in total. The van der Waals surface area contributed by atoms with Crippen LogP contribution in [0.3, 0.4) is 0 Å². The molecule has 0 spiro atoms. The smallest absolute Gasteiger partial charge is 0.252 e. The third-order valence-corrected chi connectivity index (χ3v) is 6.02. The Hall–Kier alpha value is -2.48. The maximum atomic E-state index is 13.5. The Balaban J connectivity index is 1.50. The summed E-state index contributed by atoms with van der Waals surface area (Å²) in [7, 11) is -2.95. The van der Waals surface area contributed by atoms with Crippen LogP contribution in [0.4, 0.5) is 10.2 Å². The van der Waals surface area contributed by atoms with Crippen molar-refractivity contribution in [2.24, 2.45) is 0 Å². The molecule has 1 aromatic carbocycles. The summed E-state index contributed by atoms with van der Waals surface area (Å²) < 4.78 is 36.5. The summed E-state index contributed by atoms with van der Waals surface area (Å²) in [6.07, 6.45) is 2.40. The van der Waals surface area contributed by atoms with Crippen molar-refractivity contribution in [3.05, 3.63) is 59.5 Å². The Morgan fingerprint density at radius 3 is 2.69 bits per heavy atom. The highest BCUT2D eigenvalue weighted by atomic mass is 32.2. The Bertz CT molecular complexity index is 885. The summed E-state index contributed by atoms with van der Waals surface area (Å²) in [4.78, 5) is 16.3. The minimum absolute atomic E-state index is 0.104. The molecule has 8 heteroatoms. The molecule has 1 aromatic heterocycles. The zero-order chi connectivity index (χ0) is 18.6. The summed E-state index contributed by atoms with van der Waals surface area (Å²) in [5, 5.41) is 5.80. The lowest BCUT2D eigenvalue weighted by molar-refractivity contribution is 0.0953. The summed E-state index contributed by atoms with van der Waals surface area (Å²) >= 11 is 0. The van der Waals surface area contributed by atoms with Crippen LogP contribution in [-0.4, -0.2) is 43.4 Å². The van der Waals surface area contributed by atoms with Gasteiger partial charge in [-0.15, -0.1) is 0 Å². The molecule has 138 valence electrons. The van der Waals surface area contributed by atoms with Crippen LogP contribution in [0.2, 0.25) is 0 Å². The second-order valence-electron chi connectivity index (χ2n) is 6.27. The molecule has 0 aliphatic carbocycles. The molecular weight excluding hydrogens is 357 g/mol. The fourth-order valence-electron chi connectivity index (χ4n) is 2.85. The number of carbonyl (C=O) groups excluding carboxylic acids is 1. The van der Waals surface area contributed by atoms with Gasteiger partial charge in [-0.2, -0.15) is 0 Å². The number of aromatic nitrogens is 1. The fourth-order valence-corrected chi connectivity index (χ4v) is 4.52. The zero-order valence-electron chi connectivity index (χ0n) is 14.1. The molecule has 1 aliphatic heterocycles. The van der Waals surface area contributed by atoms with E-state index < -0.39 is 9.84 Å². The predicted octanol–water partition coefficient (Wildman–Crippen LogP) is 1.79. The van der Waals surface area contributed by atoms with Gasteiger partial charge in [-0.3, -0.25) is 4.79 Å². The highest BCUT2D eigenvalue weighted by Gasteiger charge is 2.27. The molecule has 2 N–H and O–H groups in total. The van der Waals surface area contributed by atoms with Gasteiger partial charge in [-0.05, 0) is 36.6 Å². The van der Waals surface area contributed by atoms with E-state index in [9.17, 15) is 17.6 Å². The summed E-state index contributed by atoms with van der Waals surface area (Å²) in [6, 6.07) is 9.58. The van der Waals surface area contributed by atoms with Crippen LogP contribution in [0.15, 0.2) is 42.6 Å². The van der Waals surface area contributed by atoms with E-state index >= 15 is 0 Å². The fraction of sp³-hybridized carbons (Fsp3) is 0.333. The number of amides is 1. The standard InChI is InChI=1S/C18H20FN3O3S/c19-16-4-2-1-3-13(16)7-9-20-18(23)14-5-6-17(21-11-14)22-15-8-10-26(24,25)12-15/h1-6,11,15H,7-10,12H2,(H,20,23)(H,21,22). The number of pyridine rings is 1. The summed E-state index contributed by atoms with van der Waals surface area (Å²) in [5.74, 6) is 0.256. The van der Waals surface area contributed by atoms with Gasteiger partial charge in [-0.1, -0.05) is 18.2 Å². The van der Waals surface area contributed by atoms with Crippen LogP contribution in [-0.2, 0) is 16.3 Å². The first-order valence-electron chi connectivity index (χ1n) is 8.37. The largest absolute Gasteiger partial charge is 0.366 e. The number of nitrogens with one attached hydrogen (secondary N) is 2.